The standard InChI is InChI=1S/C26H26F2N4O4S/c27-19-2-4-21(18(14-19)16-29)17-6-11-31(12-7-17)9-1-10-32-24(33)26(30-25(32)34)8-13-37(35,36)23-15-20(28)3-5-22(23)26/h2-5,14-15,17H,1,6-13H2,(H,30,34). The van der Waals surface area contributed by atoms with Gasteiger partial charge in [0.15, 0.2) is 9.84 Å². The molecule has 0 radical (unpaired) electrons. The molecular formula is C26H26F2N4O4S. The number of urea groups is 1. The van der Waals surface area contributed by atoms with Crippen LogP contribution in [0.2, 0.25) is 0 Å². The molecule has 1 spiro atoms. The SMILES string of the molecule is N#Cc1cc(F)ccc1C1CCN(CCCN2C(=O)NC3(CCS(=O)(=O)c4cc(F)ccc43)C2=O)CC1. The molecule has 3 aliphatic rings. The highest BCUT2D eigenvalue weighted by Gasteiger charge is 2.56. The first-order valence-corrected chi connectivity index (χ1v) is 13.9. The van der Waals surface area contributed by atoms with Crippen LogP contribution in [-0.4, -0.2) is 62.1 Å². The summed E-state index contributed by atoms with van der Waals surface area (Å²) in [5, 5.41) is 12.0. The van der Waals surface area contributed by atoms with E-state index in [0.29, 0.717) is 18.5 Å². The number of nitriles is 1. The molecule has 3 aliphatic heterocycles. The monoisotopic (exact) mass is 528 g/mol. The van der Waals surface area contributed by atoms with Gasteiger partial charge in [0.1, 0.15) is 17.2 Å². The Kier molecular flexibility index (Phi) is 6.50. The second-order valence-electron chi connectivity index (χ2n) is 9.81. The molecule has 3 heterocycles. The van der Waals surface area contributed by atoms with E-state index in [9.17, 15) is 32.0 Å². The number of hydrogen-bond acceptors (Lipinski definition) is 6. The number of carbonyl (C=O) groups is 2. The predicted molar refractivity (Wildman–Crippen MR) is 129 cm³/mol. The zero-order valence-electron chi connectivity index (χ0n) is 20.0. The van der Waals surface area contributed by atoms with Crippen LogP contribution < -0.4 is 5.32 Å². The van der Waals surface area contributed by atoms with Crippen molar-refractivity contribution in [3.05, 3.63) is 64.7 Å². The number of carbonyl (C=O) groups excluding carboxylic acids is 2. The van der Waals surface area contributed by atoms with Crippen LogP contribution in [0.25, 0.3) is 0 Å². The van der Waals surface area contributed by atoms with Crippen LogP contribution in [-0.2, 0) is 20.2 Å². The van der Waals surface area contributed by atoms with Crippen molar-refractivity contribution in [1.29, 1.82) is 5.26 Å². The Bertz CT molecular complexity index is 1420. The molecule has 0 aromatic heterocycles. The van der Waals surface area contributed by atoms with E-state index in [4.69, 9.17) is 0 Å². The molecule has 1 N–H and O–H groups in total. The van der Waals surface area contributed by atoms with Crippen LogP contribution in [0.3, 0.4) is 0 Å². The molecule has 3 amide bonds. The largest absolute Gasteiger partial charge is 0.325 e. The number of sulfone groups is 1. The fourth-order valence-electron chi connectivity index (χ4n) is 5.72. The second-order valence-corrected chi connectivity index (χ2v) is 11.9. The molecular weight excluding hydrogens is 502 g/mol. The zero-order chi connectivity index (χ0) is 26.4. The smallest absolute Gasteiger partial charge is 0.319 e. The molecule has 0 bridgehead atoms. The van der Waals surface area contributed by atoms with Gasteiger partial charge < -0.3 is 10.2 Å². The molecule has 5 rings (SSSR count). The third-order valence-electron chi connectivity index (χ3n) is 7.68. The van der Waals surface area contributed by atoms with Gasteiger partial charge in [-0.05, 0) is 81.1 Å². The molecule has 37 heavy (non-hydrogen) atoms. The number of nitrogens with zero attached hydrogens (tertiary/aromatic N) is 3. The van der Waals surface area contributed by atoms with E-state index >= 15 is 0 Å². The summed E-state index contributed by atoms with van der Waals surface area (Å²) >= 11 is 0. The first kappa shape index (κ1) is 25.3. The Hall–Kier alpha value is -3.36. The van der Waals surface area contributed by atoms with E-state index in [1.54, 1.807) is 6.07 Å². The van der Waals surface area contributed by atoms with Crippen LogP contribution in [0.15, 0.2) is 41.3 Å². The Labute approximate surface area is 213 Å². The number of piperidine rings is 1. The van der Waals surface area contributed by atoms with Gasteiger partial charge in [-0.25, -0.2) is 22.0 Å². The molecule has 2 saturated heterocycles. The van der Waals surface area contributed by atoms with Crippen molar-refractivity contribution in [3.8, 4) is 6.07 Å². The molecule has 194 valence electrons. The number of halogens is 2. The fraction of sp³-hybridized carbons (Fsp3) is 0.423. The van der Waals surface area contributed by atoms with Gasteiger partial charge in [0.05, 0.1) is 22.3 Å². The Morgan fingerprint density at radius 1 is 1.05 bits per heavy atom. The van der Waals surface area contributed by atoms with Crippen molar-refractivity contribution in [1.82, 2.24) is 15.1 Å². The molecule has 1 unspecified atom stereocenters. The van der Waals surface area contributed by atoms with Gasteiger partial charge in [0.25, 0.3) is 5.91 Å². The summed E-state index contributed by atoms with van der Waals surface area (Å²) in [5.41, 5.74) is -0.161. The number of nitrogens with one attached hydrogen (secondary N) is 1. The summed E-state index contributed by atoms with van der Waals surface area (Å²) in [5.74, 6) is -1.85. The number of benzene rings is 2. The van der Waals surface area contributed by atoms with Crippen molar-refractivity contribution < 1.29 is 26.8 Å². The van der Waals surface area contributed by atoms with Crippen molar-refractivity contribution >= 4 is 21.8 Å². The lowest BCUT2D eigenvalue weighted by atomic mass is 9.86. The molecule has 11 heteroatoms. The summed E-state index contributed by atoms with van der Waals surface area (Å²) in [6.07, 6.45) is 2.06. The fourth-order valence-corrected chi connectivity index (χ4v) is 7.38. The Morgan fingerprint density at radius 2 is 1.76 bits per heavy atom. The minimum absolute atomic E-state index is 0.101. The lowest BCUT2D eigenvalue weighted by Crippen LogP contribution is -2.49. The van der Waals surface area contributed by atoms with E-state index in [-0.39, 0.29) is 35.1 Å². The minimum atomic E-state index is -3.75. The second kappa shape index (κ2) is 9.50. The first-order chi connectivity index (χ1) is 17.6. The minimum Gasteiger partial charge on any atom is -0.319 e. The van der Waals surface area contributed by atoms with Crippen molar-refractivity contribution in [2.75, 3.05) is 31.9 Å². The maximum Gasteiger partial charge on any atom is 0.325 e. The highest BCUT2D eigenvalue weighted by atomic mass is 32.2. The third-order valence-corrected chi connectivity index (χ3v) is 9.43. The average molecular weight is 529 g/mol. The number of amides is 3. The van der Waals surface area contributed by atoms with Gasteiger partial charge in [0, 0.05) is 12.1 Å². The van der Waals surface area contributed by atoms with Crippen LogP contribution in [0.4, 0.5) is 13.6 Å². The maximum absolute atomic E-state index is 13.8. The van der Waals surface area contributed by atoms with Crippen molar-refractivity contribution in [3.63, 3.8) is 0 Å². The van der Waals surface area contributed by atoms with E-state index in [1.165, 1.54) is 18.2 Å². The first-order valence-electron chi connectivity index (χ1n) is 12.2. The van der Waals surface area contributed by atoms with Gasteiger partial charge in [-0.3, -0.25) is 9.69 Å². The molecule has 2 aromatic rings. The summed E-state index contributed by atoms with van der Waals surface area (Å²) in [6, 6.07) is 9.09. The van der Waals surface area contributed by atoms with Gasteiger partial charge in [0.2, 0.25) is 0 Å². The van der Waals surface area contributed by atoms with Gasteiger partial charge >= 0.3 is 6.03 Å². The Balaban J connectivity index is 1.20. The number of likely N-dealkylation sites (tertiary alicyclic amines) is 1. The molecule has 0 saturated carbocycles. The van der Waals surface area contributed by atoms with E-state index < -0.39 is 38.9 Å². The number of imide groups is 1. The molecule has 2 aromatic carbocycles. The number of hydrogen-bond donors (Lipinski definition) is 1. The lowest BCUT2D eigenvalue weighted by molar-refractivity contribution is -0.132. The predicted octanol–water partition coefficient (Wildman–Crippen LogP) is 3.03. The maximum atomic E-state index is 13.8. The van der Waals surface area contributed by atoms with E-state index in [2.05, 4.69) is 16.3 Å². The normalized spacial score (nSPS) is 23.6. The highest BCUT2D eigenvalue weighted by Crippen LogP contribution is 2.41. The topological polar surface area (TPSA) is 111 Å². The highest BCUT2D eigenvalue weighted by molar-refractivity contribution is 7.91. The van der Waals surface area contributed by atoms with Gasteiger partial charge in [-0.1, -0.05) is 12.1 Å². The van der Waals surface area contributed by atoms with Gasteiger partial charge in [-0.2, -0.15) is 5.26 Å². The molecule has 0 aliphatic carbocycles. The van der Waals surface area contributed by atoms with Gasteiger partial charge in [-0.15, -0.1) is 0 Å². The lowest BCUT2D eigenvalue weighted by Gasteiger charge is -2.33. The number of rotatable bonds is 5. The number of fused-ring (bicyclic) bond motifs is 2. The van der Waals surface area contributed by atoms with Crippen LogP contribution in [0, 0.1) is 23.0 Å². The average Bonchev–Trinajstić information content (AvgIpc) is 3.12. The molecule has 8 nitrogen and oxygen atoms in total. The summed E-state index contributed by atoms with van der Waals surface area (Å²) in [6.45, 7) is 2.37. The van der Waals surface area contributed by atoms with E-state index in [0.717, 1.165) is 48.5 Å². The van der Waals surface area contributed by atoms with Crippen LogP contribution in [0.5, 0.6) is 0 Å². The Morgan fingerprint density at radius 3 is 2.49 bits per heavy atom. The zero-order valence-corrected chi connectivity index (χ0v) is 20.9. The molecule has 2 fully saturated rings. The molecule has 1 atom stereocenters. The summed E-state index contributed by atoms with van der Waals surface area (Å²) in [4.78, 5) is 29.3. The van der Waals surface area contributed by atoms with Crippen molar-refractivity contribution in [2.24, 2.45) is 0 Å². The van der Waals surface area contributed by atoms with Crippen molar-refractivity contribution in [2.45, 2.75) is 42.0 Å². The third kappa shape index (κ3) is 4.49. The van der Waals surface area contributed by atoms with Crippen LogP contribution >= 0.6 is 0 Å². The van der Waals surface area contributed by atoms with Crippen LogP contribution in [0.1, 0.15) is 48.3 Å². The summed E-state index contributed by atoms with van der Waals surface area (Å²) in [7, 11) is -3.75. The van der Waals surface area contributed by atoms with E-state index in [1.807, 2.05) is 0 Å². The summed E-state index contributed by atoms with van der Waals surface area (Å²) < 4.78 is 52.3. The quantitative estimate of drug-likeness (QED) is 0.598.